The van der Waals surface area contributed by atoms with Gasteiger partial charge >= 0.3 is 0 Å². The molecule has 0 aliphatic rings. The maximum Gasteiger partial charge on any atom is 0.101 e. The summed E-state index contributed by atoms with van der Waals surface area (Å²) in [5, 5.41) is 14.2. The van der Waals surface area contributed by atoms with Gasteiger partial charge in [-0.05, 0) is 191 Å². The number of rotatable bonds is 12. The Morgan fingerprint density at radius 2 is 0.777 bits per heavy atom. The van der Waals surface area contributed by atoms with Crippen LogP contribution in [0.1, 0.15) is 118 Å². The fraction of sp³-hybridized carbons (Fsp3) is 0.180. The lowest BCUT2D eigenvalue weighted by Gasteiger charge is -2.31. The highest BCUT2D eigenvalue weighted by Crippen LogP contribution is 2.49. The average molecular weight is 1250 g/mol. The van der Waals surface area contributed by atoms with Crippen molar-refractivity contribution in [3.63, 3.8) is 0 Å². The molecule has 0 aliphatic heterocycles. The largest absolute Gasteiger partial charge is 0.310 e. The van der Waals surface area contributed by atoms with Crippen LogP contribution in [0.2, 0.25) is 5.02 Å². The van der Waals surface area contributed by atoms with E-state index in [2.05, 4.69) is 279 Å². The van der Waals surface area contributed by atoms with Crippen molar-refractivity contribution in [2.45, 2.75) is 105 Å². The molecule has 5 heteroatoms. The van der Waals surface area contributed by atoms with Gasteiger partial charge in [-0.15, -0.1) is 0 Å². The maximum absolute atomic E-state index is 11.5. The zero-order valence-corrected chi connectivity index (χ0v) is 56.5. The number of hydrogen-bond acceptors (Lipinski definition) is 3. The molecule has 0 unspecified atom stereocenters. The third kappa shape index (κ3) is 12.6. The lowest BCUT2D eigenvalue weighted by atomic mass is 9.79. The van der Waals surface area contributed by atoms with E-state index >= 15 is 0 Å². The Kier molecular flexibility index (Phi) is 14.9. The molecule has 0 amide bonds. The Morgan fingerprint density at radius 3 is 1.30 bits per heavy atom. The van der Waals surface area contributed by atoms with Gasteiger partial charge in [-0.3, -0.25) is 0 Å². The zero-order chi connectivity index (χ0) is 70.2. The minimum absolute atomic E-state index is 0.110. The summed E-state index contributed by atoms with van der Waals surface area (Å²) in [5.41, 5.74) is 20.1. The van der Waals surface area contributed by atoms with Crippen molar-refractivity contribution in [1.29, 1.82) is 5.26 Å². The lowest BCUT2D eigenvalue weighted by molar-refractivity contribution is 0.568. The number of nitriles is 1. The molecule has 0 saturated heterocycles. The van der Waals surface area contributed by atoms with Gasteiger partial charge in [0.15, 0.2) is 0 Å². The summed E-state index contributed by atoms with van der Waals surface area (Å²) in [6, 6.07) is 85.3. The van der Waals surface area contributed by atoms with Crippen molar-refractivity contribution in [3.8, 4) is 67.4 Å². The van der Waals surface area contributed by atoms with E-state index in [1.165, 1.54) is 22.3 Å². The predicted molar refractivity (Wildman–Crippen MR) is 402 cm³/mol. The van der Waals surface area contributed by atoms with Crippen LogP contribution in [0.4, 0.5) is 34.1 Å². The van der Waals surface area contributed by atoms with Gasteiger partial charge in [0.2, 0.25) is 0 Å². The van der Waals surface area contributed by atoms with E-state index in [1.807, 2.05) is 66.7 Å². The number of fused-ring (bicyclic) bond motifs is 3. The molecule has 0 aliphatic carbocycles. The second-order valence-corrected chi connectivity index (χ2v) is 29.3. The summed E-state index contributed by atoms with van der Waals surface area (Å²) in [5.74, 6) is 0. The Hall–Kier alpha value is -10.2. The van der Waals surface area contributed by atoms with Gasteiger partial charge in [0.1, 0.15) is 6.07 Å². The van der Waals surface area contributed by atoms with Crippen LogP contribution < -0.4 is 9.80 Å². The molecule has 0 atom stereocenters. The number of aromatic nitrogens is 1. The zero-order valence-electron chi connectivity index (χ0n) is 60.8. The highest BCUT2D eigenvalue weighted by molar-refractivity contribution is 6.31. The quantitative estimate of drug-likeness (QED) is 0.122. The van der Waals surface area contributed by atoms with Crippen LogP contribution in [0.3, 0.4) is 0 Å². The second kappa shape index (κ2) is 24.7. The first-order valence-electron chi connectivity index (χ1n) is 34.9. The third-order valence-corrected chi connectivity index (χ3v) is 18.3. The van der Waals surface area contributed by atoms with Crippen molar-refractivity contribution in [2.75, 3.05) is 9.80 Å². The van der Waals surface area contributed by atoms with E-state index in [-0.39, 0.29) is 39.3 Å². The van der Waals surface area contributed by atoms with Crippen LogP contribution in [-0.2, 0) is 21.7 Å². The highest BCUT2D eigenvalue weighted by Gasteiger charge is 2.27. The molecule has 0 fully saturated rings. The molecule has 1 aromatic heterocycles. The van der Waals surface area contributed by atoms with Gasteiger partial charge < -0.3 is 14.4 Å². The summed E-state index contributed by atoms with van der Waals surface area (Å²) in [6.45, 7) is 27.1. The first-order chi connectivity index (χ1) is 47.0. The van der Waals surface area contributed by atoms with E-state index in [1.54, 1.807) is 0 Å². The second-order valence-electron chi connectivity index (χ2n) is 28.9. The van der Waals surface area contributed by atoms with E-state index in [4.69, 9.17) is 15.7 Å². The van der Waals surface area contributed by atoms with Crippen LogP contribution in [0.25, 0.3) is 83.1 Å². The number of nitrogens with zero attached hydrogens (tertiary/aromatic N) is 4. The first-order valence-corrected chi connectivity index (χ1v) is 32.8. The van der Waals surface area contributed by atoms with Gasteiger partial charge in [-0.1, -0.05) is 277 Å². The lowest BCUT2D eigenvalue weighted by Crippen LogP contribution is -2.16. The van der Waals surface area contributed by atoms with Crippen LogP contribution in [-0.4, -0.2) is 4.57 Å². The minimum Gasteiger partial charge on any atom is -0.310 e. The van der Waals surface area contributed by atoms with Gasteiger partial charge in [-0.25, -0.2) is 0 Å². The Morgan fingerprint density at radius 1 is 0.351 bits per heavy atom. The number of benzene rings is 12. The van der Waals surface area contributed by atoms with Crippen molar-refractivity contribution in [1.82, 2.24) is 4.57 Å². The van der Waals surface area contributed by atoms with Gasteiger partial charge in [0.25, 0.3) is 0 Å². The molecule has 0 radical (unpaired) electrons. The minimum atomic E-state index is -0.454. The summed E-state index contributed by atoms with van der Waals surface area (Å²) < 4.78 is 47.0. The normalized spacial score (nSPS) is 12.8. The maximum atomic E-state index is 11.5. The number of halogens is 1. The molecule has 13 aromatic rings. The molecule has 12 aromatic carbocycles. The van der Waals surface area contributed by atoms with Crippen LogP contribution in [0.5, 0.6) is 0 Å². The third-order valence-electron chi connectivity index (χ3n) is 18.1. The first kappa shape index (κ1) is 56.6. The summed E-state index contributed by atoms with van der Waals surface area (Å²) in [6.07, 6.45) is 0. The summed E-state index contributed by atoms with van der Waals surface area (Å²) in [4.78, 5) is 4.41. The molecule has 0 bridgehead atoms. The highest BCUT2D eigenvalue weighted by atomic mass is 35.5. The molecule has 0 saturated carbocycles. The summed E-state index contributed by atoms with van der Waals surface area (Å²) in [7, 11) is 0. The topological polar surface area (TPSA) is 35.2 Å². The molecule has 464 valence electrons. The molecular weight excluding hydrogens is 1160 g/mol. The van der Waals surface area contributed by atoms with Gasteiger partial charge in [0.05, 0.1) is 29.1 Å². The average Bonchev–Trinajstić information content (AvgIpc) is 1.67. The van der Waals surface area contributed by atoms with E-state index < -0.39 is 18.1 Å². The molecule has 0 N–H and O–H groups in total. The fourth-order valence-electron chi connectivity index (χ4n) is 12.8. The summed E-state index contributed by atoms with van der Waals surface area (Å²) >= 11 is 7.81. The van der Waals surface area contributed by atoms with Crippen molar-refractivity contribution < 1.29 is 6.85 Å². The Bertz CT molecular complexity index is 5220. The van der Waals surface area contributed by atoms with Crippen LogP contribution in [0, 0.1) is 11.3 Å². The Balaban J connectivity index is 1.11. The van der Waals surface area contributed by atoms with Crippen LogP contribution in [0.15, 0.2) is 273 Å². The van der Waals surface area contributed by atoms with Crippen LogP contribution >= 0.6 is 11.6 Å². The molecule has 4 nitrogen and oxygen atoms in total. The Labute approximate surface area is 568 Å². The standard InChI is InChI=1S/C89H81ClN4/c1-86(2,3)68-44-65(45-69(52-68)87(4,5)6)61-31-25-33-73(48-61)92(76-50-64(59-27-15-13-16-28-59)43-67(51-76)80-36-20-19-35-79(80)60-29-17-14-18-30-60)77-54-72(90)55-78(56-77)93(74-34-26-32-62(49-74)66-46-70(88(7,8)9)53-71(47-66)89(10,11)12)85-57-75(42-41-63(85)58-91)94-83-39-23-21-37-81(83)82-38-22-24-40-84(82)94/h13-57H,1-12H3/i14D,17D,18D,29D,30D. The van der Waals surface area contributed by atoms with Gasteiger partial charge in [0, 0.05) is 49.9 Å². The molecule has 0 spiro atoms. The number of para-hydroxylation sites is 2. The van der Waals surface area contributed by atoms with Gasteiger partial charge in [-0.2, -0.15) is 5.26 Å². The SMILES string of the molecule is [2H]c1c([2H])c([2H])c(-c2ccccc2-c2cc(-c3ccccc3)cc(N(c3cccc(-c4cc(C(C)(C)C)cc(C(C)(C)C)c4)c3)c3cc(Cl)cc(N(c4cccc(-c5cc(C(C)(C)C)cc(C(C)(C)C)c5)c4)c4cc(-n5c6ccccc6c6ccccc65)ccc4C#N)c3)c2)c([2H])c1[2H]. The predicted octanol–water partition coefficient (Wildman–Crippen LogP) is 25.8. The fourth-order valence-corrected chi connectivity index (χ4v) is 13.1. The molecular formula is C89H81ClN4. The molecule has 94 heavy (non-hydrogen) atoms. The molecule has 13 rings (SSSR count). The van der Waals surface area contributed by atoms with E-state index in [0.717, 1.165) is 83.5 Å². The number of anilines is 6. The van der Waals surface area contributed by atoms with Crippen molar-refractivity contribution in [2.24, 2.45) is 0 Å². The monoisotopic (exact) mass is 1250 g/mol. The van der Waals surface area contributed by atoms with E-state index in [0.29, 0.717) is 38.8 Å². The van der Waals surface area contributed by atoms with Crippen molar-refractivity contribution in [3.05, 3.63) is 306 Å². The number of hydrogen-bond donors (Lipinski definition) is 0. The van der Waals surface area contributed by atoms with E-state index in [9.17, 15) is 8.00 Å². The van der Waals surface area contributed by atoms with Crippen molar-refractivity contribution >= 4 is 67.5 Å². The smallest absolute Gasteiger partial charge is 0.101 e. The molecule has 1 heterocycles.